The molecule has 0 unspecified atom stereocenters. The average molecular weight is 854 g/mol. The van der Waals surface area contributed by atoms with Crippen LogP contribution < -0.4 is 0 Å². The Labute approximate surface area is 385 Å². The van der Waals surface area contributed by atoms with E-state index in [0.29, 0.717) is 0 Å². The van der Waals surface area contributed by atoms with Gasteiger partial charge < -0.3 is 4.57 Å². The minimum absolute atomic E-state index is 1.16. The van der Waals surface area contributed by atoms with Crippen LogP contribution in [0.15, 0.2) is 237 Å². The van der Waals surface area contributed by atoms with Gasteiger partial charge in [0.15, 0.2) is 0 Å². The van der Waals surface area contributed by atoms with Crippen molar-refractivity contribution in [3.8, 4) is 50.2 Å². The molecule has 12 aromatic carbocycles. The number of rotatable bonds is 5. The first-order valence-corrected chi connectivity index (χ1v) is 23.6. The highest BCUT2D eigenvalue weighted by Gasteiger charge is 2.23. The normalized spacial score (nSPS) is 11.9. The Morgan fingerprint density at radius 3 is 1.30 bits per heavy atom. The number of thiophene rings is 1. The lowest BCUT2D eigenvalue weighted by Gasteiger charge is -2.18. The van der Waals surface area contributed by atoms with Gasteiger partial charge >= 0.3 is 0 Å². The lowest BCUT2D eigenvalue weighted by atomic mass is 9.84. The third kappa shape index (κ3) is 5.46. The summed E-state index contributed by atoms with van der Waals surface area (Å²) in [4.78, 5) is 0. The van der Waals surface area contributed by atoms with Crippen LogP contribution in [0.3, 0.4) is 0 Å². The summed E-state index contributed by atoms with van der Waals surface area (Å²) in [5.41, 5.74) is 13.7. The minimum atomic E-state index is 1.16. The third-order valence-electron chi connectivity index (χ3n) is 14.0. The number of fused-ring (bicyclic) bond motifs is 10. The molecule has 0 N–H and O–H groups in total. The van der Waals surface area contributed by atoms with Gasteiger partial charge in [-0.25, -0.2) is 0 Å². The van der Waals surface area contributed by atoms with Crippen LogP contribution in [0, 0.1) is 0 Å². The Morgan fingerprint density at radius 2 is 0.712 bits per heavy atom. The van der Waals surface area contributed by atoms with E-state index in [1.165, 1.54) is 130 Å². The molecule has 306 valence electrons. The first-order valence-electron chi connectivity index (χ1n) is 22.8. The maximum Gasteiger partial charge on any atom is 0.0547 e. The van der Waals surface area contributed by atoms with Crippen molar-refractivity contribution in [3.05, 3.63) is 237 Å². The molecule has 66 heavy (non-hydrogen) atoms. The zero-order valence-electron chi connectivity index (χ0n) is 35.9. The number of para-hydroxylation sites is 2. The van der Waals surface area contributed by atoms with Crippen molar-refractivity contribution in [2.75, 3.05) is 0 Å². The zero-order valence-corrected chi connectivity index (χ0v) is 36.7. The van der Waals surface area contributed by atoms with Gasteiger partial charge in [0.2, 0.25) is 0 Å². The molecule has 0 aliphatic carbocycles. The van der Waals surface area contributed by atoms with E-state index in [2.05, 4.69) is 241 Å². The van der Waals surface area contributed by atoms with E-state index in [1.807, 2.05) is 11.3 Å². The van der Waals surface area contributed by atoms with E-state index < -0.39 is 0 Å². The second-order valence-electron chi connectivity index (χ2n) is 17.5. The van der Waals surface area contributed by atoms with Gasteiger partial charge in [-0.2, -0.15) is 0 Å². The van der Waals surface area contributed by atoms with Crippen LogP contribution in [0.25, 0.3) is 135 Å². The van der Waals surface area contributed by atoms with Gasteiger partial charge in [-0.1, -0.05) is 194 Å². The summed E-state index contributed by atoms with van der Waals surface area (Å²) < 4.78 is 5.02. The molecule has 2 heterocycles. The zero-order chi connectivity index (χ0) is 43.3. The van der Waals surface area contributed by atoms with E-state index in [9.17, 15) is 0 Å². The number of benzene rings is 12. The second kappa shape index (κ2) is 14.6. The Hall–Kier alpha value is -8.30. The SMILES string of the molecule is c1ccc(-c2c3ccccc3c(-c3ccc4c(c3)sc3ccc(-c5c6ccccc6c(-c6cccc7c6c6ccccc6n7-c6ccccc6)c6ccccc56)cc34)c3ccccc23)cc1. The smallest absolute Gasteiger partial charge is 0.0547 e. The van der Waals surface area contributed by atoms with E-state index in [1.54, 1.807) is 0 Å². The summed E-state index contributed by atoms with van der Waals surface area (Å²) in [7, 11) is 0. The summed E-state index contributed by atoms with van der Waals surface area (Å²) in [6.07, 6.45) is 0. The maximum atomic E-state index is 2.45. The number of hydrogen-bond donors (Lipinski definition) is 0. The fourth-order valence-electron chi connectivity index (χ4n) is 11.3. The highest BCUT2D eigenvalue weighted by Crippen LogP contribution is 2.49. The molecule has 0 aliphatic rings. The van der Waals surface area contributed by atoms with Crippen molar-refractivity contribution in [3.63, 3.8) is 0 Å². The topological polar surface area (TPSA) is 4.93 Å². The fourth-order valence-corrected chi connectivity index (χ4v) is 12.4. The summed E-state index contributed by atoms with van der Waals surface area (Å²) in [5.74, 6) is 0. The molecule has 0 amide bonds. The van der Waals surface area contributed by atoms with Crippen molar-refractivity contribution in [2.24, 2.45) is 0 Å². The van der Waals surface area contributed by atoms with Crippen LogP contribution >= 0.6 is 11.3 Å². The van der Waals surface area contributed by atoms with Gasteiger partial charge in [-0.3, -0.25) is 0 Å². The van der Waals surface area contributed by atoms with E-state index in [4.69, 9.17) is 0 Å². The van der Waals surface area contributed by atoms with Gasteiger partial charge in [0.25, 0.3) is 0 Å². The molecule has 2 aromatic heterocycles. The summed E-state index contributed by atoms with van der Waals surface area (Å²) in [6.45, 7) is 0. The van der Waals surface area contributed by atoms with E-state index in [0.717, 1.165) is 5.69 Å². The molecular formula is C64H39NS. The molecule has 0 saturated heterocycles. The monoisotopic (exact) mass is 853 g/mol. The minimum Gasteiger partial charge on any atom is -0.309 e. The molecule has 0 bridgehead atoms. The second-order valence-corrected chi connectivity index (χ2v) is 18.5. The fraction of sp³-hybridized carbons (Fsp3) is 0. The Morgan fingerprint density at radius 1 is 0.258 bits per heavy atom. The quantitative estimate of drug-likeness (QED) is 0.152. The van der Waals surface area contributed by atoms with Crippen molar-refractivity contribution in [2.45, 2.75) is 0 Å². The van der Waals surface area contributed by atoms with Gasteiger partial charge in [-0.15, -0.1) is 11.3 Å². The van der Waals surface area contributed by atoms with Crippen molar-refractivity contribution < 1.29 is 0 Å². The first-order chi connectivity index (χ1) is 32.8. The van der Waals surface area contributed by atoms with Gasteiger partial charge in [-0.05, 0) is 130 Å². The Kier molecular flexibility index (Phi) is 8.22. The molecule has 0 fully saturated rings. The lowest BCUT2D eigenvalue weighted by Crippen LogP contribution is -1.93. The van der Waals surface area contributed by atoms with Crippen LogP contribution in [0.2, 0.25) is 0 Å². The molecule has 14 aromatic rings. The highest BCUT2D eigenvalue weighted by molar-refractivity contribution is 7.25. The average Bonchev–Trinajstić information content (AvgIpc) is 3.93. The van der Waals surface area contributed by atoms with E-state index in [-0.39, 0.29) is 0 Å². The number of nitrogens with zero attached hydrogens (tertiary/aromatic N) is 1. The van der Waals surface area contributed by atoms with Crippen LogP contribution in [-0.2, 0) is 0 Å². The predicted octanol–water partition coefficient (Wildman–Crippen LogP) is 18.4. The Balaban J connectivity index is 0.969. The van der Waals surface area contributed by atoms with Crippen molar-refractivity contribution >= 4 is 96.4 Å². The van der Waals surface area contributed by atoms with Crippen molar-refractivity contribution in [1.82, 2.24) is 4.57 Å². The molecule has 0 saturated carbocycles. The summed E-state index contributed by atoms with van der Waals surface area (Å²) >= 11 is 1.89. The molecule has 0 aliphatic heterocycles. The van der Waals surface area contributed by atoms with E-state index >= 15 is 0 Å². The van der Waals surface area contributed by atoms with Gasteiger partial charge in [0.05, 0.1) is 11.0 Å². The molecule has 1 nitrogen and oxygen atoms in total. The predicted molar refractivity (Wildman–Crippen MR) is 285 cm³/mol. The molecular weight excluding hydrogens is 815 g/mol. The van der Waals surface area contributed by atoms with Gasteiger partial charge in [0, 0.05) is 36.6 Å². The first kappa shape index (κ1) is 37.1. The third-order valence-corrected chi connectivity index (χ3v) is 15.1. The molecule has 14 rings (SSSR count). The number of hydrogen-bond acceptors (Lipinski definition) is 1. The summed E-state index contributed by atoms with van der Waals surface area (Å²) in [5, 5.41) is 15.3. The van der Waals surface area contributed by atoms with Crippen LogP contribution in [0.4, 0.5) is 0 Å². The Bertz CT molecular complexity index is 4160. The van der Waals surface area contributed by atoms with Crippen LogP contribution in [0.1, 0.15) is 0 Å². The van der Waals surface area contributed by atoms with Gasteiger partial charge in [0.1, 0.15) is 0 Å². The molecule has 0 atom stereocenters. The molecule has 2 heteroatoms. The largest absolute Gasteiger partial charge is 0.309 e. The molecule has 0 radical (unpaired) electrons. The summed E-state index contributed by atoms with van der Waals surface area (Å²) in [6, 6.07) is 87.6. The lowest BCUT2D eigenvalue weighted by molar-refractivity contribution is 1.18. The number of aromatic nitrogens is 1. The standard InChI is InChI=1S/C64H39NS/c1-3-18-40(19-4-1)60-45-22-7-9-24-47(45)62(48-25-10-8-23-46(48)60)42-34-36-44-55-38-41(35-37-58(55)66-59(44)39-42)61-49-26-11-13-28-51(49)63(52-29-14-12-27-50(52)61)54-31-17-33-57-64(54)53-30-15-16-32-56(53)65(57)43-20-5-2-6-21-43/h1-39H. The van der Waals surface area contributed by atoms with Crippen molar-refractivity contribution in [1.29, 1.82) is 0 Å². The van der Waals surface area contributed by atoms with Crippen LogP contribution in [0.5, 0.6) is 0 Å². The maximum absolute atomic E-state index is 2.45. The van der Waals surface area contributed by atoms with Crippen LogP contribution in [-0.4, -0.2) is 4.57 Å². The molecule has 0 spiro atoms. The highest BCUT2D eigenvalue weighted by atomic mass is 32.1.